The number of fused-ring (bicyclic) bond motifs is 2. The Kier molecular flexibility index (Phi) is 6.69. The molecule has 2 atom stereocenters. The van der Waals surface area contributed by atoms with E-state index < -0.39 is 17.7 Å². The van der Waals surface area contributed by atoms with Gasteiger partial charge >= 0.3 is 5.91 Å². The molecule has 9 heteroatoms. The minimum atomic E-state index is -0.940. The maximum Gasteiger partial charge on any atom is 0.301 e. The van der Waals surface area contributed by atoms with Crippen molar-refractivity contribution in [3.8, 4) is 17.2 Å². The molecule has 4 aromatic rings. The molecule has 3 aromatic carbocycles. The van der Waals surface area contributed by atoms with Crippen molar-refractivity contribution < 1.29 is 28.9 Å². The zero-order valence-corrected chi connectivity index (χ0v) is 24.3. The van der Waals surface area contributed by atoms with Gasteiger partial charge in [-0.3, -0.25) is 14.5 Å². The Hall–Kier alpha value is -4.37. The summed E-state index contributed by atoms with van der Waals surface area (Å²) in [7, 11) is 1.53. The highest BCUT2D eigenvalue weighted by Crippen LogP contribution is 2.46. The van der Waals surface area contributed by atoms with Crippen LogP contribution >= 0.6 is 11.3 Å². The third kappa shape index (κ3) is 4.50. The molecule has 1 aromatic heterocycles. The van der Waals surface area contributed by atoms with Gasteiger partial charge in [-0.1, -0.05) is 23.5 Å². The number of methoxy groups -OCH3 is 1. The van der Waals surface area contributed by atoms with Gasteiger partial charge in [-0.15, -0.1) is 0 Å². The highest BCUT2D eigenvalue weighted by atomic mass is 32.1. The number of ketones is 1. The quantitative estimate of drug-likeness (QED) is 0.166. The standard InChI is InChI=1S/C32H30N2O6S/c1-6-39-23-10-7-19(15-24(23)38-5)28-26(29(35)20-8-9-22-21(14-20)13-18(4)40-22)30(36)31(37)34(28)32-33-27-17(3)11-16(2)12-25(27)41-32/h7-12,14-15,18,28,35H,6,13H2,1-5H3/b29-26+/t18-,28+/m1/s1. The van der Waals surface area contributed by atoms with Crippen LogP contribution in [0.4, 0.5) is 5.13 Å². The number of benzene rings is 3. The number of anilines is 1. The zero-order chi connectivity index (χ0) is 29.0. The van der Waals surface area contributed by atoms with E-state index in [2.05, 4.69) is 0 Å². The molecule has 0 saturated carbocycles. The second kappa shape index (κ2) is 10.2. The Morgan fingerprint density at radius 1 is 1.12 bits per heavy atom. The molecule has 0 unspecified atom stereocenters. The van der Waals surface area contributed by atoms with Gasteiger partial charge in [0.2, 0.25) is 0 Å². The number of aryl methyl sites for hydroxylation is 2. The van der Waals surface area contributed by atoms with Crippen molar-refractivity contribution in [2.75, 3.05) is 18.6 Å². The number of aliphatic hydroxyl groups is 1. The summed E-state index contributed by atoms with van der Waals surface area (Å²) in [5.41, 5.74) is 4.78. The van der Waals surface area contributed by atoms with E-state index in [9.17, 15) is 14.7 Å². The average molecular weight is 571 g/mol. The van der Waals surface area contributed by atoms with Gasteiger partial charge in [0.25, 0.3) is 5.78 Å². The first-order valence-corrected chi connectivity index (χ1v) is 14.3. The molecule has 2 aliphatic heterocycles. The number of carbonyl (C=O) groups is 2. The van der Waals surface area contributed by atoms with Gasteiger partial charge in [0.05, 0.1) is 35.5 Å². The van der Waals surface area contributed by atoms with Crippen LogP contribution in [-0.2, 0) is 16.0 Å². The molecule has 210 valence electrons. The van der Waals surface area contributed by atoms with E-state index >= 15 is 0 Å². The van der Waals surface area contributed by atoms with Crippen LogP contribution in [-0.4, -0.2) is 41.6 Å². The topological polar surface area (TPSA) is 98.2 Å². The number of nitrogens with zero attached hydrogens (tertiary/aromatic N) is 2. The van der Waals surface area contributed by atoms with E-state index in [-0.39, 0.29) is 17.4 Å². The van der Waals surface area contributed by atoms with E-state index in [1.54, 1.807) is 30.3 Å². The number of thiazole rings is 1. The SMILES string of the molecule is CCOc1ccc([C@H]2/C(=C(\O)c3ccc4c(c3)C[C@@H](C)O4)C(=O)C(=O)N2c2nc3c(C)cc(C)cc3s2)cc1OC. The summed E-state index contributed by atoms with van der Waals surface area (Å²) in [5.74, 6) is -0.0425. The molecule has 1 amide bonds. The fraction of sp³-hybridized carbons (Fsp3) is 0.281. The fourth-order valence-electron chi connectivity index (χ4n) is 5.66. The van der Waals surface area contributed by atoms with Crippen molar-refractivity contribution in [3.63, 3.8) is 0 Å². The molecule has 0 bridgehead atoms. The molecule has 2 aliphatic rings. The first kappa shape index (κ1) is 26.8. The Morgan fingerprint density at radius 3 is 2.68 bits per heavy atom. The van der Waals surface area contributed by atoms with Gasteiger partial charge in [-0.25, -0.2) is 4.98 Å². The molecule has 0 spiro atoms. The maximum absolute atomic E-state index is 13.7. The Morgan fingerprint density at radius 2 is 1.93 bits per heavy atom. The molecular formula is C32H30N2O6S. The summed E-state index contributed by atoms with van der Waals surface area (Å²) < 4.78 is 18.0. The molecule has 1 N–H and O–H groups in total. The van der Waals surface area contributed by atoms with E-state index in [1.165, 1.54) is 23.3 Å². The van der Waals surface area contributed by atoms with Crippen molar-refractivity contribution >= 4 is 44.1 Å². The van der Waals surface area contributed by atoms with E-state index in [1.807, 2.05) is 45.9 Å². The molecule has 8 nitrogen and oxygen atoms in total. The highest BCUT2D eigenvalue weighted by molar-refractivity contribution is 7.22. The predicted molar refractivity (Wildman–Crippen MR) is 158 cm³/mol. The maximum atomic E-state index is 13.7. The van der Waals surface area contributed by atoms with Crippen LogP contribution in [0.15, 0.2) is 54.1 Å². The monoisotopic (exact) mass is 570 g/mol. The molecule has 0 radical (unpaired) electrons. The van der Waals surface area contributed by atoms with Crippen LogP contribution in [0.2, 0.25) is 0 Å². The number of ether oxygens (including phenoxy) is 3. The van der Waals surface area contributed by atoms with Crippen molar-refractivity contribution in [2.24, 2.45) is 0 Å². The normalized spacial score (nSPS) is 19.5. The van der Waals surface area contributed by atoms with Gasteiger partial charge < -0.3 is 19.3 Å². The summed E-state index contributed by atoms with van der Waals surface area (Å²) in [4.78, 5) is 33.7. The zero-order valence-electron chi connectivity index (χ0n) is 23.5. The molecule has 1 fully saturated rings. The van der Waals surface area contributed by atoms with Crippen molar-refractivity contribution in [1.29, 1.82) is 0 Å². The molecule has 41 heavy (non-hydrogen) atoms. The van der Waals surface area contributed by atoms with Gasteiger partial charge in [0.15, 0.2) is 16.6 Å². The van der Waals surface area contributed by atoms with Gasteiger partial charge in [-0.05, 0) is 86.3 Å². The Bertz CT molecular complexity index is 1760. The number of hydrogen-bond acceptors (Lipinski definition) is 8. The van der Waals surface area contributed by atoms with Crippen molar-refractivity contribution in [2.45, 2.75) is 46.3 Å². The number of carbonyl (C=O) groups excluding carboxylic acids is 2. The largest absolute Gasteiger partial charge is 0.507 e. The minimum Gasteiger partial charge on any atom is -0.507 e. The van der Waals surface area contributed by atoms with Crippen LogP contribution < -0.4 is 19.1 Å². The summed E-state index contributed by atoms with van der Waals surface area (Å²) >= 11 is 1.34. The second-order valence-electron chi connectivity index (χ2n) is 10.4. The number of amides is 1. The second-order valence-corrected chi connectivity index (χ2v) is 11.4. The van der Waals surface area contributed by atoms with Gasteiger partial charge in [0.1, 0.15) is 17.6 Å². The fourth-order valence-corrected chi connectivity index (χ4v) is 6.83. The smallest absolute Gasteiger partial charge is 0.301 e. The predicted octanol–water partition coefficient (Wildman–Crippen LogP) is 6.27. The summed E-state index contributed by atoms with van der Waals surface area (Å²) in [5, 5.41) is 12.0. The number of aliphatic hydroxyl groups excluding tert-OH is 1. The lowest BCUT2D eigenvalue weighted by molar-refractivity contribution is -0.132. The molecule has 0 aliphatic carbocycles. The van der Waals surface area contributed by atoms with Crippen LogP contribution in [0.5, 0.6) is 17.2 Å². The van der Waals surface area contributed by atoms with E-state index in [0.717, 1.165) is 32.7 Å². The lowest BCUT2D eigenvalue weighted by Gasteiger charge is -2.24. The van der Waals surface area contributed by atoms with Crippen molar-refractivity contribution in [3.05, 3.63) is 81.9 Å². The minimum absolute atomic E-state index is 0.0136. The van der Waals surface area contributed by atoms with Crippen LogP contribution in [0.3, 0.4) is 0 Å². The van der Waals surface area contributed by atoms with Gasteiger partial charge in [0, 0.05) is 12.0 Å². The first-order chi connectivity index (χ1) is 19.7. The Labute approximate surface area is 241 Å². The average Bonchev–Trinajstić information content (AvgIpc) is 3.61. The molecule has 6 rings (SSSR count). The summed E-state index contributed by atoms with van der Waals surface area (Å²) in [6.07, 6.45) is 0.713. The van der Waals surface area contributed by atoms with E-state index in [0.29, 0.717) is 40.8 Å². The number of hydrogen-bond donors (Lipinski definition) is 1. The number of Topliss-reactive ketones (excluding diaryl/α,β-unsaturated/α-hetero) is 1. The molecule has 3 heterocycles. The third-order valence-corrected chi connectivity index (χ3v) is 8.44. The molecule has 1 saturated heterocycles. The lowest BCUT2D eigenvalue weighted by Crippen LogP contribution is -2.29. The first-order valence-electron chi connectivity index (χ1n) is 13.5. The van der Waals surface area contributed by atoms with Crippen LogP contribution in [0.25, 0.3) is 16.0 Å². The lowest BCUT2D eigenvalue weighted by atomic mass is 9.94. The van der Waals surface area contributed by atoms with Gasteiger partial charge in [-0.2, -0.15) is 0 Å². The van der Waals surface area contributed by atoms with Crippen LogP contribution in [0.1, 0.15) is 47.7 Å². The third-order valence-electron chi connectivity index (χ3n) is 7.44. The van der Waals surface area contributed by atoms with E-state index in [4.69, 9.17) is 19.2 Å². The number of rotatable bonds is 6. The number of aromatic nitrogens is 1. The Balaban J connectivity index is 1.56. The van der Waals surface area contributed by atoms with Crippen LogP contribution in [0, 0.1) is 13.8 Å². The molecular weight excluding hydrogens is 540 g/mol. The summed E-state index contributed by atoms with van der Waals surface area (Å²) in [6, 6.07) is 13.7. The van der Waals surface area contributed by atoms with Crippen molar-refractivity contribution in [1.82, 2.24) is 4.98 Å². The highest BCUT2D eigenvalue weighted by Gasteiger charge is 2.48. The summed E-state index contributed by atoms with van der Waals surface area (Å²) in [6.45, 7) is 8.28.